The number of rotatable bonds is 1. The Bertz CT molecular complexity index is 359. The fraction of sp³-hybridized carbons (Fsp3) is 0.375. The first-order valence-electron chi connectivity index (χ1n) is 3.69. The standard InChI is InChI=1S/C8H10N2S/c1-6(2)8-9-5-7-10(8)3-4-11-7/h3-6H,1-2H3. The summed E-state index contributed by atoms with van der Waals surface area (Å²) in [6, 6.07) is 0. The first kappa shape index (κ1) is 6.85. The zero-order valence-corrected chi connectivity index (χ0v) is 7.43. The van der Waals surface area contributed by atoms with Gasteiger partial charge in [-0.15, -0.1) is 11.3 Å². The van der Waals surface area contributed by atoms with Gasteiger partial charge in [-0.25, -0.2) is 4.98 Å². The van der Waals surface area contributed by atoms with Crippen molar-refractivity contribution in [1.82, 2.24) is 9.38 Å². The van der Waals surface area contributed by atoms with Crippen LogP contribution in [0, 0.1) is 0 Å². The predicted molar refractivity (Wildman–Crippen MR) is 47.2 cm³/mol. The molecule has 58 valence electrons. The maximum absolute atomic E-state index is 4.33. The van der Waals surface area contributed by atoms with E-state index in [0.29, 0.717) is 5.92 Å². The first-order chi connectivity index (χ1) is 5.29. The SMILES string of the molecule is CC(C)c1ncc2sccn12. The third-order valence-electron chi connectivity index (χ3n) is 1.71. The zero-order valence-electron chi connectivity index (χ0n) is 6.61. The fourth-order valence-corrected chi connectivity index (χ4v) is 1.89. The van der Waals surface area contributed by atoms with Crippen LogP contribution in [0.15, 0.2) is 17.8 Å². The van der Waals surface area contributed by atoms with Crippen LogP contribution in [-0.4, -0.2) is 9.38 Å². The molecule has 2 rings (SSSR count). The van der Waals surface area contributed by atoms with Crippen molar-refractivity contribution in [3.8, 4) is 0 Å². The summed E-state index contributed by atoms with van der Waals surface area (Å²) in [5.41, 5.74) is 0. The Morgan fingerprint density at radius 1 is 1.55 bits per heavy atom. The Morgan fingerprint density at radius 2 is 2.36 bits per heavy atom. The monoisotopic (exact) mass is 166 g/mol. The highest BCUT2D eigenvalue weighted by atomic mass is 32.1. The van der Waals surface area contributed by atoms with E-state index in [1.807, 2.05) is 6.20 Å². The van der Waals surface area contributed by atoms with E-state index in [-0.39, 0.29) is 0 Å². The maximum Gasteiger partial charge on any atom is 0.119 e. The van der Waals surface area contributed by atoms with Crippen molar-refractivity contribution in [2.75, 3.05) is 0 Å². The lowest BCUT2D eigenvalue weighted by Crippen LogP contribution is -1.93. The van der Waals surface area contributed by atoms with Crippen molar-refractivity contribution in [2.45, 2.75) is 19.8 Å². The van der Waals surface area contributed by atoms with E-state index in [1.165, 1.54) is 4.83 Å². The van der Waals surface area contributed by atoms with Crippen LogP contribution in [0.2, 0.25) is 0 Å². The summed E-state index contributed by atoms with van der Waals surface area (Å²) in [5, 5.41) is 2.09. The molecular formula is C8H10N2S. The molecule has 0 saturated heterocycles. The predicted octanol–water partition coefficient (Wildman–Crippen LogP) is 2.52. The van der Waals surface area contributed by atoms with Crippen molar-refractivity contribution in [3.63, 3.8) is 0 Å². The topological polar surface area (TPSA) is 17.3 Å². The van der Waals surface area contributed by atoms with Gasteiger partial charge in [0.05, 0.1) is 6.20 Å². The Balaban J connectivity index is 2.68. The average molecular weight is 166 g/mol. The van der Waals surface area contributed by atoms with Gasteiger partial charge < -0.3 is 0 Å². The summed E-state index contributed by atoms with van der Waals surface area (Å²) in [4.78, 5) is 5.56. The normalized spacial score (nSPS) is 11.5. The molecule has 3 heteroatoms. The molecule has 0 saturated carbocycles. The highest BCUT2D eigenvalue weighted by Gasteiger charge is 2.06. The molecule has 11 heavy (non-hydrogen) atoms. The second kappa shape index (κ2) is 2.34. The second-order valence-electron chi connectivity index (χ2n) is 2.88. The molecule has 2 aromatic rings. The largest absolute Gasteiger partial charge is 0.294 e. The van der Waals surface area contributed by atoms with E-state index < -0.39 is 0 Å². The molecule has 0 bridgehead atoms. The van der Waals surface area contributed by atoms with E-state index in [1.54, 1.807) is 11.3 Å². The zero-order chi connectivity index (χ0) is 7.84. The van der Waals surface area contributed by atoms with Gasteiger partial charge in [0.2, 0.25) is 0 Å². The van der Waals surface area contributed by atoms with Crippen LogP contribution in [0.1, 0.15) is 25.6 Å². The minimum atomic E-state index is 0.507. The highest BCUT2D eigenvalue weighted by molar-refractivity contribution is 7.15. The van der Waals surface area contributed by atoms with Gasteiger partial charge >= 0.3 is 0 Å². The molecule has 0 aromatic carbocycles. The summed E-state index contributed by atoms with van der Waals surface area (Å²) >= 11 is 1.73. The Morgan fingerprint density at radius 3 is 3.09 bits per heavy atom. The van der Waals surface area contributed by atoms with Crippen LogP contribution in [0.25, 0.3) is 4.83 Å². The van der Waals surface area contributed by atoms with Crippen LogP contribution in [0.3, 0.4) is 0 Å². The molecule has 0 unspecified atom stereocenters. The van der Waals surface area contributed by atoms with E-state index in [9.17, 15) is 0 Å². The van der Waals surface area contributed by atoms with Crippen molar-refractivity contribution >= 4 is 16.2 Å². The minimum Gasteiger partial charge on any atom is -0.294 e. The number of hydrogen-bond donors (Lipinski definition) is 0. The Kier molecular flexibility index (Phi) is 1.46. The van der Waals surface area contributed by atoms with Gasteiger partial charge in [0, 0.05) is 17.5 Å². The second-order valence-corrected chi connectivity index (χ2v) is 3.81. The Hall–Kier alpha value is -0.830. The third kappa shape index (κ3) is 0.959. The molecular weight excluding hydrogens is 156 g/mol. The number of fused-ring (bicyclic) bond motifs is 1. The number of imidazole rings is 1. The van der Waals surface area contributed by atoms with Crippen LogP contribution >= 0.6 is 11.3 Å². The molecule has 0 fully saturated rings. The average Bonchev–Trinajstić information content (AvgIpc) is 2.41. The quantitative estimate of drug-likeness (QED) is 0.636. The third-order valence-corrected chi connectivity index (χ3v) is 2.51. The van der Waals surface area contributed by atoms with Crippen LogP contribution in [0.4, 0.5) is 0 Å². The maximum atomic E-state index is 4.33. The Labute approximate surface area is 69.5 Å². The van der Waals surface area contributed by atoms with Crippen molar-refractivity contribution in [1.29, 1.82) is 0 Å². The molecule has 0 aliphatic heterocycles. The van der Waals surface area contributed by atoms with Gasteiger partial charge in [-0.2, -0.15) is 0 Å². The summed E-state index contributed by atoms with van der Waals surface area (Å²) in [6.07, 6.45) is 4.00. The van der Waals surface area contributed by atoms with Crippen molar-refractivity contribution in [2.24, 2.45) is 0 Å². The van der Waals surface area contributed by atoms with Gasteiger partial charge in [0.25, 0.3) is 0 Å². The molecule has 2 heterocycles. The van der Waals surface area contributed by atoms with Gasteiger partial charge in [0.15, 0.2) is 0 Å². The van der Waals surface area contributed by atoms with Gasteiger partial charge in [-0.3, -0.25) is 4.40 Å². The number of nitrogens with zero attached hydrogens (tertiary/aromatic N) is 2. The molecule has 0 N–H and O–H groups in total. The molecule has 0 aliphatic rings. The van der Waals surface area contributed by atoms with Crippen LogP contribution < -0.4 is 0 Å². The first-order valence-corrected chi connectivity index (χ1v) is 4.57. The minimum absolute atomic E-state index is 0.507. The van der Waals surface area contributed by atoms with E-state index in [2.05, 4.69) is 34.8 Å². The van der Waals surface area contributed by atoms with Crippen molar-refractivity contribution < 1.29 is 0 Å². The molecule has 0 amide bonds. The lowest BCUT2D eigenvalue weighted by molar-refractivity contribution is 0.772. The van der Waals surface area contributed by atoms with Crippen LogP contribution in [-0.2, 0) is 0 Å². The molecule has 2 aromatic heterocycles. The number of aromatic nitrogens is 2. The smallest absolute Gasteiger partial charge is 0.119 e. The van der Waals surface area contributed by atoms with Crippen molar-refractivity contribution in [3.05, 3.63) is 23.6 Å². The molecule has 2 nitrogen and oxygen atoms in total. The summed E-state index contributed by atoms with van der Waals surface area (Å²) in [5.74, 6) is 1.66. The van der Waals surface area contributed by atoms with E-state index >= 15 is 0 Å². The summed E-state index contributed by atoms with van der Waals surface area (Å²) in [6.45, 7) is 4.32. The highest BCUT2D eigenvalue weighted by Crippen LogP contribution is 2.18. The van der Waals surface area contributed by atoms with E-state index in [4.69, 9.17) is 0 Å². The fourth-order valence-electron chi connectivity index (χ4n) is 1.18. The molecule has 0 spiro atoms. The summed E-state index contributed by atoms with van der Waals surface area (Å²) < 4.78 is 2.15. The lowest BCUT2D eigenvalue weighted by atomic mass is 10.2. The number of hydrogen-bond acceptors (Lipinski definition) is 2. The molecule has 0 radical (unpaired) electrons. The van der Waals surface area contributed by atoms with Gasteiger partial charge in [0.1, 0.15) is 10.7 Å². The lowest BCUT2D eigenvalue weighted by Gasteiger charge is -1.99. The van der Waals surface area contributed by atoms with E-state index in [0.717, 1.165) is 5.82 Å². The van der Waals surface area contributed by atoms with Gasteiger partial charge in [-0.05, 0) is 0 Å². The summed E-state index contributed by atoms with van der Waals surface area (Å²) in [7, 11) is 0. The van der Waals surface area contributed by atoms with Gasteiger partial charge in [-0.1, -0.05) is 13.8 Å². The van der Waals surface area contributed by atoms with Crippen LogP contribution in [0.5, 0.6) is 0 Å². The molecule has 0 aliphatic carbocycles. The molecule has 0 atom stereocenters. The number of thiazole rings is 1.